The Labute approximate surface area is 110 Å². The maximum atomic E-state index is 11.7. The third kappa shape index (κ3) is 3.64. The maximum Gasteiger partial charge on any atom is 0.315 e. The Morgan fingerprint density at radius 3 is 2.74 bits per heavy atom. The second kappa shape index (κ2) is 5.64. The molecule has 2 rings (SSSR count). The monoisotopic (exact) mass is 264 g/mol. The van der Waals surface area contributed by atoms with E-state index in [4.69, 9.17) is 5.11 Å². The summed E-state index contributed by atoms with van der Waals surface area (Å²) in [7, 11) is 0. The van der Waals surface area contributed by atoms with Gasteiger partial charge in [0, 0.05) is 6.20 Å². The number of rotatable bonds is 5. The Bertz CT molecular complexity index is 459. The molecular weight excluding hydrogens is 248 g/mol. The maximum absolute atomic E-state index is 11.7. The van der Waals surface area contributed by atoms with Crippen LogP contribution in [0.15, 0.2) is 18.3 Å². The van der Waals surface area contributed by atoms with Crippen molar-refractivity contribution in [3.05, 3.63) is 24.0 Å². The second-order valence-corrected chi connectivity index (χ2v) is 4.73. The Hall–Kier alpha value is -2.18. The Kier molecular flexibility index (Phi) is 3.94. The van der Waals surface area contributed by atoms with E-state index in [1.54, 1.807) is 18.3 Å². The van der Waals surface area contributed by atoms with Gasteiger partial charge in [0.15, 0.2) is 0 Å². The summed E-state index contributed by atoms with van der Waals surface area (Å²) in [5, 5.41) is 21.8. The molecule has 1 heterocycles. The van der Waals surface area contributed by atoms with Crippen LogP contribution < -0.4 is 10.6 Å². The van der Waals surface area contributed by atoms with Gasteiger partial charge in [-0.3, -0.25) is 4.79 Å². The van der Waals surface area contributed by atoms with E-state index in [0.29, 0.717) is 18.5 Å². The molecule has 1 aromatic heterocycles. The number of aliphatic carboxylic acids is 1. The summed E-state index contributed by atoms with van der Waals surface area (Å²) < 4.78 is 0. The third-order valence-corrected chi connectivity index (χ3v) is 3.24. The Morgan fingerprint density at radius 2 is 2.21 bits per heavy atom. The van der Waals surface area contributed by atoms with Crippen molar-refractivity contribution in [3.63, 3.8) is 0 Å². The highest BCUT2D eigenvalue weighted by Gasteiger charge is 2.40. The van der Waals surface area contributed by atoms with Crippen molar-refractivity contribution in [2.45, 2.75) is 37.8 Å². The number of hydrogen-bond donors (Lipinski definition) is 3. The fraction of sp³-hybridized carbons (Fsp3) is 0.500. The lowest BCUT2D eigenvalue weighted by molar-refractivity contribution is -0.139. The van der Waals surface area contributed by atoms with E-state index in [2.05, 4.69) is 20.8 Å². The fourth-order valence-electron chi connectivity index (χ4n) is 2.12. The average molecular weight is 264 g/mol. The quantitative estimate of drug-likeness (QED) is 0.725. The summed E-state index contributed by atoms with van der Waals surface area (Å²) in [6.45, 7) is 0.267. The number of carbonyl (C=O) groups is 2. The van der Waals surface area contributed by atoms with Gasteiger partial charge in [0.25, 0.3) is 0 Å². The normalized spacial score (nSPS) is 16.2. The SMILES string of the molecule is O=C(O)CC1(NC(=O)NCc2cccnn2)CCC1. The molecule has 0 radical (unpaired) electrons. The van der Waals surface area contributed by atoms with Gasteiger partial charge in [-0.15, -0.1) is 0 Å². The molecule has 1 aliphatic rings. The van der Waals surface area contributed by atoms with Gasteiger partial charge in [-0.25, -0.2) is 4.79 Å². The summed E-state index contributed by atoms with van der Waals surface area (Å²) in [4.78, 5) is 22.5. The molecule has 0 bridgehead atoms. The van der Waals surface area contributed by atoms with Gasteiger partial charge >= 0.3 is 12.0 Å². The highest BCUT2D eigenvalue weighted by atomic mass is 16.4. The lowest BCUT2D eigenvalue weighted by Crippen LogP contribution is -2.57. The molecular formula is C12H16N4O3. The van der Waals surface area contributed by atoms with Crippen LogP contribution in [0.3, 0.4) is 0 Å². The van der Waals surface area contributed by atoms with E-state index in [1.165, 1.54) is 0 Å². The first-order chi connectivity index (χ1) is 9.10. The lowest BCUT2D eigenvalue weighted by atomic mass is 9.74. The predicted molar refractivity (Wildman–Crippen MR) is 66.2 cm³/mol. The molecule has 0 aromatic carbocycles. The number of aromatic nitrogens is 2. The number of nitrogens with zero attached hydrogens (tertiary/aromatic N) is 2. The van der Waals surface area contributed by atoms with Crippen molar-refractivity contribution in [2.75, 3.05) is 0 Å². The van der Waals surface area contributed by atoms with Gasteiger partial charge < -0.3 is 15.7 Å². The Balaban J connectivity index is 1.82. The van der Waals surface area contributed by atoms with Crippen molar-refractivity contribution in [1.82, 2.24) is 20.8 Å². The molecule has 3 N–H and O–H groups in total. The number of carboxylic acids is 1. The summed E-state index contributed by atoms with van der Waals surface area (Å²) in [6, 6.07) is 3.12. The first-order valence-electron chi connectivity index (χ1n) is 6.14. The molecule has 19 heavy (non-hydrogen) atoms. The molecule has 7 heteroatoms. The van der Waals surface area contributed by atoms with E-state index < -0.39 is 11.5 Å². The van der Waals surface area contributed by atoms with Crippen LogP contribution in [0.25, 0.3) is 0 Å². The fourth-order valence-corrected chi connectivity index (χ4v) is 2.12. The van der Waals surface area contributed by atoms with Crippen LogP contribution in [0.2, 0.25) is 0 Å². The van der Waals surface area contributed by atoms with Gasteiger partial charge in [0.2, 0.25) is 0 Å². The van der Waals surface area contributed by atoms with Gasteiger partial charge in [0.05, 0.1) is 24.2 Å². The van der Waals surface area contributed by atoms with Crippen LogP contribution in [-0.2, 0) is 11.3 Å². The van der Waals surface area contributed by atoms with Gasteiger partial charge in [0.1, 0.15) is 0 Å². The first kappa shape index (κ1) is 13.3. The van der Waals surface area contributed by atoms with Crippen molar-refractivity contribution in [2.24, 2.45) is 0 Å². The van der Waals surface area contributed by atoms with E-state index in [1.807, 2.05) is 0 Å². The molecule has 2 amide bonds. The number of nitrogens with one attached hydrogen (secondary N) is 2. The summed E-state index contributed by atoms with van der Waals surface area (Å²) in [5.74, 6) is -0.895. The average Bonchev–Trinajstić information content (AvgIpc) is 2.34. The minimum atomic E-state index is -0.895. The zero-order valence-corrected chi connectivity index (χ0v) is 10.4. The largest absolute Gasteiger partial charge is 0.481 e. The number of carbonyl (C=O) groups excluding carboxylic acids is 1. The van der Waals surface area contributed by atoms with Crippen molar-refractivity contribution < 1.29 is 14.7 Å². The highest BCUT2D eigenvalue weighted by Crippen LogP contribution is 2.34. The minimum Gasteiger partial charge on any atom is -0.481 e. The van der Waals surface area contributed by atoms with Crippen LogP contribution in [-0.4, -0.2) is 32.8 Å². The van der Waals surface area contributed by atoms with Gasteiger partial charge in [-0.2, -0.15) is 10.2 Å². The molecule has 0 atom stereocenters. The van der Waals surface area contributed by atoms with Crippen molar-refractivity contribution in [3.8, 4) is 0 Å². The number of carboxylic acid groups (broad SMARTS) is 1. The van der Waals surface area contributed by atoms with Crippen molar-refractivity contribution in [1.29, 1.82) is 0 Å². The summed E-state index contributed by atoms with van der Waals surface area (Å²) in [5.41, 5.74) is 0.0664. The molecule has 1 aromatic rings. The number of amides is 2. The topological polar surface area (TPSA) is 104 Å². The number of hydrogen-bond acceptors (Lipinski definition) is 4. The first-order valence-corrected chi connectivity index (χ1v) is 6.14. The second-order valence-electron chi connectivity index (χ2n) is 4.73. The summed E-state index contributed by atoms with van der Waals surface area (Å²) >= 11 is 0. The van der Waals surface area contributed by atoms with Crippen LogP contribution in [0.1, 0.15) is 31.4 Å². The van der Waals surface area contributed by atoms with E-state index in [0.717, 1.165) is 6.42 Å². The number of urea groups is 1. The molecule has 0 unspecified atom stereocenters. The zero-order chi connectivity index (χ0) is 13.7. The van der Waals surface area contributed by atoms with E-state index in [9.17, 15) is 9.59 Å². The van der Waals surface area contributed by atoms with Crippen molar-refractivity contribution >= 4 is 12.0 Å². The minimum absolute atomic E-state index is 0.0361. The molecule has 1 fully saturated rings. The van der Waals surface area contributed by atoms with Gasteiger partial charge in [-0.1, -0.05) is 0 Å². The van der Waals surface area contributed by atoms with E-state index >= 15 is 0 Å². The standard InChI is InChI=1S/C12H16N4O3/c17-10(18)7-12(4-2-5-12)15-11(19)13-8-9-3-1-6-14-16-9/h1,3,6H,2,4-5,7-8H2,(H,17,18)(H2,13,15,19). The molecule has 0 aliphatic heterocycles. The van der Waals surface area contributed by atoms with Crippen LogP contribution >= 0.6 is 0 Å². The smallest absolute Gasteiger partial charge is 0.315 e. The van der Waals surface area contributed by atoms with Crippen LogP contribution in [0.5, 0.6) is 0 Å². The van der Waals surface area contributed by atoms with Crippen LogP contribution in [0, 0.1) is 0 Å². The molecule has 0 saturated heterocycles. The van der Waals surface area contributed by atoms with Crippen LogP contribution in [0.4, 0.5) is 4.79 Å². The summed E-state index contributed by atoms with van der Waals surface area (Å²) in [6.07, 6.45) is 3.87. The molecule has 1 saturated carbocycles. The molecule has 7 nitrogen and oxygen atoms in total. The lowest BCUT2D eigenvalue weighted by Gasteiger charge is -2.41. The molecule has 0 spiro atoms. The Morgan fingerprint density at radius 1 is 1.42 bits per heavy atom. The zero-order valence-electron chi connectivity index (χ0n) is 10.4. The third-order valence-electron chi connectivity index (χ3n) is 3.24. The molecule has 102 valence electrons. The van der Waals surface area contributed by atoms with Gasteiger partial charge in [-0.05, 0) is 31.4 Å². The van der Waals surface area contributed by atoms with E-state index in [-0.39, 0.29) is 19.0 Å². The highest BCUT2D eigenvalue weighted by molar-refractivity contribution is 5.77. The predicted octanol–water partition coefficient (Wildman–Crippen LogP) is 0.673. The molecule has 1 aliphatic carbocycles.